The van der Waals surface area contributed by atoms with E-state index in [1.54, 1.807) is 0 Å². The molecule has 1 aliphatic heterocycles. The third-order valence-electron chi connectivity index (χ3n) is 6.07. The molecule has 0 aromatic heterocycles. The fourth-order valence-electron chi connectivity index (χ4n) is 4.26. The van der Waals surface area contributed by atoms with Crippen molar-refractivity contribution in [2.24, 2.45) is 16.8 Å². The van der Waals surface area contributed by atoms with Crippen molar-refractivity contribution in [1.29, 1.82) is 0 Å². The lowest BCUT2D eigenvalue weighted by Crippen LogP contribution is -2.49. The van der Waals surface area contributed by atoms with Gasteiger partial charge >= 0.3 is 0 Å². The summed E-state index contributed by atoms with van der Waals surface area (Å²) in [5, 5.41) is 7.04. The van der Waals surface area contributed by atoms with Crippen LogP contribution in [0.5, 0.6) is 0 Å². The van der Waals surface area contributed by atoms with Crippen molar-refractivity contribution in [2.75, 3.05) is 45.9 Å². The first kappa shape index (κ1) is 23.2. The first-order valence-electron chi connectivity index (χ1n) is 11.2. The maximum absolute atomic E-state index is 5.69. The van der Waals surface area contributed by atoms with E-state index >= 15 is 0 Å². The zero-order chi connectivity index (χ0) is 18.0. The molecule has 0 bridgehead atoms. The van der Waals surface area contributed by atoms with Crippen LogP contribution in [0, 0.1) is 11.8 Å². The van der Waals surface area contributed by atoms with Gasteiger partial charge in [-0.15, -0.1) is 24.0 Å². The normalized spacial score (nSPS) is 23.1. The van der Waals surface area contributed by atoms with E-state index in [4.69, 9.17) is 9.73 Å². The molecule has 1 heterocycles. The van der Waals surface area contributed by atoms with E-state index in [0.29, 0.717) is 6.04 Å². The second kappa shape index (κ2) is 13.2. The summed E-state index contributed by atoms with van der Waals surface area (Å²) in [5.74, 6) is 2.76. The largest absolute Gasteiger partial charge is 0.379 e. The Bertz CT molecular complexity index is 416. The molecule has 0 aromatic rings. The number of hydrogen-bond donors (Lipinski definition) is 2. The molecule has 3 aliphatic rings. The van der Waals surface area contributed by atoms with Gasteiger partial charge in [0.2, 0.25) is 0 Å². The Morgan fingerprint density at radius 1 is 1.00 bits per heavy atom. The Morgan fingerprint density at radius 2 is 1.74 bits per heavy atom. The maximum atomic E-state index is 5.69. The molecule has 6 heteroatoms. The van der Waals surface area contributed by atoms with Crippen LogP contribution >= 0.6 is 24.0 Å². The van der Waals surface area contributed by atoms with E-state index < -0.39 is 0 Å². The van der Waals surface area contributed by atoms with Crippen molar-refractivity contribution in [3.8, 4) is 0 Å². The SMILES string of the molecule is CCNC(=NCCOCC1CC1)NC1CCN(CC2CCCCC2)CC1.I. The van der Waals surface area contributed by atoms with Gasteiger partial charge in [0.1, 0.15) is 0 Å². The van der Waals surface area contributed by atoms with Gasteiger partial charge in [0.25, 0.3) is 0 Å². The number of nitrogens with zero attached hydrogens (tertiary/aromatic N) is 2. The average molecular weight is 492 g/mol. The third-order valence-corrected chi connectivity index (χ3v) is 6.07. The topological polar surface area (TPSA) is 48.9 Å². The molecule has 3 rings (SSSR count). The van der Waals surface area contributed by atoms with Crippen LogP contribution < -0.4 is 10.6 Å². The molecule has 3 fully saturated rings. The zero-order valence-electron chi connectivity index (χ0n) is 17.3. The summed E-state index contributed by atoms with van der Waals surface area (Å²) >= 11 is 0. The summed E-state index contributed by atoms with van der Waals surface area (Å²) in [5.41, 5.74) is 0. The van der Waals surface area contributed by atoms with Crippen molar-refractivity contribution in [3.05, 3.63) is 0 Å². The van der Waals surface area contributed by atoms with Crippen LogP contribution in [0.1, 0.15) is 64.7 Å². The van der Waals surface area contributed by atoms with Crippen LogP contribution in [0.15, 0.2) is 4.99 Å². The van der Waals surface area contributed by atoms with E-state index in [0.717, 1.165) is 44.1 Å². The van der Waals surface area contributed by atoms with Crippen LogP contribution in [0.4, 0.5) is 0 Å². The predicted molar refractivity (Wildman–Crippen MR) is 124 cm³/mol. The Hall–Kier alpha value is -0.0800. The van der Waals surface area contributed by atoms with Crippen LogP contribution in [0.3, 0.4) is 0 Å². The Morgan fingerprint density at radius 3 is 2.41 bits per heavy atom. The van der Waals surface area contributed by atoms with Gasteiger partial charge < -0.3 is 20.3 Å². The number of ether oxygens (including phenoxy) is 1. The quantitative estimate of drug-likeness (QED) is 0.224. The smallest absolute Gasteiger partial charge is 0.191 e. The zero-order valence-corrected chi connectivity index (χ0v) is 19.6. The number of aliphatic imine (C=N–C) groups is 1. The summed E-state index contributed by atoms with van der Waals surface area (Å²) < 4.78 is 5.69. The second-order valence-corrected chi connectivity index (χ2v) is 8.50. The van der Waals surface area contributed by atoms with Gasteiger partial charge in [-0.25, -0.2) is 0 Å². The highest BCUT2D eigenvalue weighted by Gasteiger charge is 2.23. The molecule has 0 aromatic carbocycles. The molecule has 0 unspecified atom stereocenters. The predicted octanol–water partition coefficient (Wildman–Crippen LogP) is 3.63. The first-order valence-corrected chi connectivity index (χ1v) is 11.2. The molecule has 2 N–H and O–H groups in total. The van der Waals surface area contributed by atoms with Crippen molar-refractivity contribution in [2.45, 2.75) is 70.8 Å². The molecule has 5 nitrogen and oxygen atoms in total. The number of piperidine rings is 1. The highest BCUT2D eigenvalue weighted by molar-refractivity contribution is 14.0. The number of likely N-dealkylation sites (tertiary alicyclic amines) is 1. The minimum atomic E-state index is 0. The van der Waals surface area contributed by atoms with Gasteiger partial charge in [0, 0.05) is 38.8 Å². The molecule has 0 atom stereocenters. The van der Waals surface area contributed by atoms with Gasteiger partial charge in [-0.05, 0) is 57.3 Å². The van der Waals surface area contributed by atoms with Gasteiger partial charge in [0.15, 0.2) is 5.96 Å². The molecule has 27 heavy (non-hydrogen) atoms. The number of nitrogens with one attached hydrogen (secondary N) is 2. The highest BCUT2D eigenvalue weighted by atomic mass is 127. The van der Waals surface area contributed by atoms with E-state index in [1.807, 2.05) is 0 Å². The van der Waals surface area contributed by atoms with Gasteiger partial charge in [-0.3, -0.25) is 4.99 Å². The lowest BCUT2D eigenvalue weighted by Gasteiger charge is -2.36. The molecule has 0 spiro atoms. The van der Waals surface area contributed by atoms with Crippen molar-refractivity contribution < 1.29 is 4.74 Å². The van der Waals surface area contributed by atoms with Crippen molar-refractivity contribution >= 4 is 29.9 Å². The standard InChI is InChI=1S/C21H40N4O.HI/c1-2-22-21(23-12-15-26-17-19-8-9-19)24-20-10-13-25(14-11-20)16-18-6-4-3-5-7-18;/h18-20H,2-17H2,1H3,(H2,22,23,24);1H. The van der Waals surface area contributed by atoms with Gasteiger partial charge in [0.05, 0.1) is 13.2 Å². The maximum Gasteiger partial charge on any atom is 0.191 e. The average Bonchev–Trinajstić information content (AvgIpc) is 3.48. The summed E-state index contributed by atoms with van der Waals surface area (Å²) in [6.45, 7) is 9.27. The van der Waals surface area contributed by atoms with Crippen LogP contribution in [0.25, 0.3) is 0 Å². The minimum Gasteiger partial charge on any atom is -0.379 e. The second-order valence-electron chi connectivity index (χ2n) is 8.50. The summed E-state index contributed by atoms with van der Waals surface area (Å²) in [7, 11) is 0. The van der Waals surface area contributed by atoms with E-state index in [2.05, 4.69) is 22.5 Å². The molecular formula is C21H41IN4O. The summed E-state index contributed by atoms with van der Waals surface area (Å²) in [6.07, 6.45) is 12.5. The monoisotopic (exact) mass is 492 g/mol. The summed E-state index contributed by atoms with van der Waals surface area (Å²) in [6, 6.07) is 0.558. The summed E-state index contributed by atoms with van der Waals surface area (Å²) in [4.78, 5) is 7.39. The van der Waals surface area contributed by atoms with E-state index in [1.165, 1.54) is 77.4 Å². The molecule has 0 radical (unpaired) electrons. The Kier molecular flexibility index (Phi) is 11.3. The minimum absolute atomic E-state index is 0. The third kappa shape index (κ3) is 9.31. The van der Waals surface area contributed by atoms with Gasteiger partial charge in [-0.1, -0.05) is 19.3 Å². The van der Waals surface area contributed by atoms with E-state index in [9.17, 15) is 0 Å². The van der Waals surface area contributed by atoms with E-state index in [-0.39, 0.29) is 24.0 Å². The highest BCUT2D eigenvalue weighted by Crippen LogP contribution is 2.28. The van der Waals surface area contributed by atoms with Gasteiger partial charge in [-0.2, -0.15) is 0 Å². The first-order chi connectivity index (χ1) is 12.8. The fraction of sp³-hybridized carbons (Fsp3) is 0.952. The number of hydrogen-bond acceptors (Lipinski definition) is 3. The fourth-order valence-corrected chi connectivity index (χ4v) is 4.26. The number of rotatable bonds is 9. The van der Waals surface area contributed by atoms with Crippen LogP contribution in [-0.2, 0) is 4.74 Å². The Balaban J connectivity index is 0.00000261. The van der Waals surface area contributed by atoms with Crippen LogP contribution in [0.2, 0.25) is 0 Å². The lowest BCUT2D eigenvalue weighted by molar-refractivity contribution is 0.131. The Labute approximate surface area is 183 Å². The molecule has 158 valence electrons. The van der Waals surface area contributed by atoms with Crippen molar-refractivity contribution in [3.63, 3.8) is 0 Å². The number of halogens is 1. The van der Waals surface area contributed by atoms with Crippen molar-refractivity contribution in [1.82, 2.24) is 15.5 Å². The molecule has 0 amide bonds. The molecule has 1 saturated heterocycles. The molecule has 2 aliphatic carbocycles. The lowest BCUT2D eigenvalue weighted by atomic mass is 9.88. The molecular weight excluding hydrogens is 451 g/mol. The molecule has 2 saturated carbocycles. The van der Waals surface area contributed by atoms with Crippen LogP contribution in [-0.4, -0.2) is 62.8 Å². The number of guanidine groups is 1.